The molecule has 1 aromatic carbocycles. The molecule has 3 nitrogen and oxygen atoms in total. The smallest absolute Gasteiger partial charge is 0.201 e. The molecule has 100 valence electrons. The first-order valence-corrected chi connectivity index (χ1v) is 6.96. The highest BCUT2D eigenvalue weighted by molar-refractivity contribution is 7.80. The summed E-state index contributed by atoms with van der Waals surface area (Å²) in [4.78, 5) is 2.12. The molecule has 0 spiro atoms. The van der Waals surface area contributed by atoms with Gasteiger partial charge in [-0.2, -0.15) is 0 Å². The molecule has 1 N–H and O–H groups in total. The third-order valence-corrected chi connectivity index (χ3v) is 4.22. The van der Waals surface area contributed by atoms with E-state index in [1.54, 1.807) is 25.6 Å². The average molecular weight is 293 g/mol. The molecule has 0 aliphatic carbocycles. The van der Waals surface area contributed by atoms with Crippen molar-refractivity contribution >= 4 is 40.0 Å². The Kier molecular flexibility index (Phi) is 4.39. The van der Waals surface area contributed by atoms with Gasteiger partial charge in [-0.1, -0.05) is 6.07 Å². The Balaban J connectivity index is 2.23. The number of thiophene rings is 1. The lowest BCUT2D eigenvalue weighted by atomic mass is 10.2. The van der Waals surface area contributed by atoms with Gasteiger partial charge in [-0.05, 0) is 37.3 Å². The fourth-order valence-corrected chi connectivity index (χ4v) is 2.74. The van der Waals surface area contributed by atoms with Crippen molar-refractivity contribution < 1.29 is 9.47 Å². The lowest BCUT2D eigenvalue weighted by Gasteiger charge is -2.07. The van der Waals surface area contributed by atoms with Crippen LogP contribution < -0.4 is 10.1 Å². The van der Waals surface area contributed by atoms with Crippen LogP contribution in [0.3, 0.4) is 0 Å². The number of nitrogens with one attached hydrogen (secondary N) is 1. The highest BCUT2D eigenvalue weighted by Crippen LogP contribution is 2.30. The predicted octanol–water partition coefficient (Wildman–Crippen LogP) is 4.13. The zero-order chi connectivity index (χ0) is 13.8. The van der Waals surface area contributed by atoms with Crippen LogP contribution in [0.1, 0.15) is 9.75 Å². The van der Waals surface area contributed by atoms with Gasteiger partial charge in [0.15, 0.2) is 0 Å². The topological polar surface area (TPSA) is 30.5 Å². The number of hydrogen-bond acceptors (Lipinski definition) is 5. The summed E-state index contributed by atoms with van der Waals surface area (Å²) in [5.74, 6) is 0.825. The number of benzene rings is 1. The molecule has 0 bridgehead atoms. The molecule has 0 unspecified atom stereocenters. The van der Waals surface area contributed by atoms with E-state index in [1.165, 1.54) is 0 Å². The lowest BCUT2D eigenvalue weighted by Crippen LogP contribution is -1.95. The zero-order valence-electron chi connectivity index (χ0n) is 11.0. The summed E-state index contributed by atoms with van der Waals surface area (Å²) in [6, 6.07) is 9.81. The van der Waals surface area contributed by atoms with Crippen LogP contribution in [0.15, 0.2) is 30.3 Å². The Morgan fingerprint density at radius 3 is 2.74 bits per heavy atom. The van der Waals surface area contributed by atoms with Gasteiger partial charge in [-0.3, -0.25) is 0 Å². The second-order valence-electron chi connectivity index (χ2n) is 3.93. The van der Waals surface area contributed by atoms with Crippen molar-refractivity contribution in [2.45, 2.75) is 6.92 Å². The van der Waals surface area contributed by atoms with Crippen LogP contribution in [-0.4, -0.2) is 19.3 Å². The number of methoxy groups -OCH3 is 2. The van der Waals surface area contributed by atoms with Gasteiger partial charge in [0, 0.05) is 16.6 Å². The fraction of sp³-hybridized carbons (Fsp3) is 0.214. The molecule has 19 heavy (non-hydrogen) atoms. The maximum absolute atomic E-state index is 5.21. The summed E-state index contributed by atoms with van der Waals surface area (Å²) in [7, 11) is 3.25. The molecule has 0 radical (unpaired) electrons. The minimum Gasteiger partial charge on any atom is -0.497 e. The van der Waals surface area contributed by atoms with Gasteiger partial charge in [0.2, 0.25) is 5.05 Å². The third kappa shape index (κ3) is 3.24. The number of thiocarbonyl (C=S) groups is 1. The van der Waals surface area contributed by atoms with Crippen molar-refractivity contribution in [1.29, 1.82) is 0 Å². The summed E-state index contributed by atoms with van der Waals surface area (Å²) in [5, 5.41) is 3.88. The van der Waals surface area contributed by atoms with E-state index >= 15 is 0 Å². The predicted molar refractivity (Wildman–Crippen MR) is 84.0 cm³/mol. The Hall–Kier alpha value is -1.59. The van der Waals surface area contributed by atoms with Gasteiger partial charge >= 0.3 is 0 Å². The molecule has 0 atom stereocenters. The molecule has 0 aliphatic heterocycles. The largest absolute Gasteiger partial charge is 0.497 e. The van der Waals surface area contributed by atoms with E-state index in [1.807, 2.05) is 30.3 Å². The van der Waals surface area contributed by atoms with Gasteiger partial charge in [-0.15, -0.1) is 11.3 Å². The van der Waals surface area contributed by atoms with Crippen LogP contribution in [0.5, 0.6) is 5.75 Å². The first kappa shape index (κ1) is 13.8. The first-order chi connectivity index (χ1) is 9.13. The van der Waals surface area contributed by atoms with E-state index in [0.717, 1.165) is 26.9 Å². The first-order valence-electron chi connectivity index (χ1n) is 5.74. The van der Waals surface area contributed by atoms with Crippen LogP contribution in [0, 0.1) is 6.92 Å². The van der Waals surface area contributed by atoms with Crippen LogP contribution in [0.25, 0.3) is 0 Å². The van der Waals surface area contributed by atoms with Crippen molar-refractivity contribution in [3.63, 3.8) is 0 Å². The van der Waals surface area contributed by atoms with Crippen molar-refractivity contribution in [1.82, 2.24) is 0 Å². The summed E-state index contributed by atoms with van der Waals surface area (Å²) in [6.45, 7) is 2.05. The molecule has 0 saturated carbocycles. The monoisotopic (exact) mass is 293 g/mol. The number of hydrogen-bond donors (Lipinski definition) is 1. The molecule has 0 saturated heterocycles. The molecular formula is C14H15NO2S2. The standard InChI is InChI=1S/C14H15NO2S2/c1-9-12(8-13(19-9)14(18)17-3)15-10-5-4-6-11(7-10)16-2/h4-8,15H,1-3H3. The maximum atomic E-state index is 5.21. The van der Waals surface area contributed by atoms with E-state index in [0.29, 0.717) is 5.05 Å². The fourth-order valence-electron chi connectivity index (χ4n) is 1.66. The number of aryl methyl sites for hydroxylation is 1. The van der Waals surface area contributed by atoms with E-state index in [9.17, 15) is 0 Å². The Morgan fingerprint density at radius 1 is 1.26 bits per heavy atom. The molecule has 2 aromatic rings. The molecule has 1 heterocycles. The van der Waals surface area contributed by atoms with E-state index in [-0.39, 0.29) is 0 Å². The quantitative estimate of drug-likeness (QED) is 0.859. The van der Waals surface area contributed by atoms with E-state index in [2.05, 4.69) is 12.2 Å². The number of ether oxygens (including phenoxy) is 2. The van der Waals surface area contributed by atoms with Crippen LogP contribution >= 0.6 is 23.6 Å². The molecular weight excluding hydrogens is 278 g/mol. The van der Waals surface area contributed by atoms with Crippen molar-refractivity contribution in [3.05, 3.63) is 40.1 Å². The van der Waals surface area contributed by atoms with E-state index < -0.39 is 0 Å². The molecule has 5 heteroatoms. The Morgan fingerprint density at radius 2 is 2.05 bits per heavy atom. The van der Waals surface area contributed by atoms with Gasteiger partial charge in [0.25, 0.3) is 0 Å². The van der Waals surface area contributed by atoms with Crippen molar-refractivity contribution in [2.24, 2.45) is 0 Å². The normalized spacial score (nSPS) is 10.1. The zero-order valence-corrected chi connectivity index (χ0v) is 12.7. The number of anilines is 2. The molecule has 0 aliphatic rings. The summed E-state index contributed by atoms with van der Waals surface area (Å²) >= 11 is 6.76. The van der Waals surface area contributed by atoms with Gasteiger partial charge in [0.1, 0.15) is 5.75 Å². The van der Waals surface area contributed by atoms with Crippen molar-refractivity contribution in [3.8, 4) is 5.75 Å². The van der Waals surface area contributed by atoms with Gasteiger partial charge < -0.3 is 14.8 Å². The Bertz CT molecular complexity index is 593. The van der Waals surface area contributed by atoms with Crippen LogP contribution in [0.2, 0.25) is 0 Å². The lowest BCUT2D eigenvalue weighted by molar-refractivity contribution is 0.415. The number of rotatable bonds is 4. The second-order valence-corrected chi connectivity index (χ2v) is 5.56. The molecule has 0 fully saturated rings. The minimum absolute atomic E-state index is 0.520. The molecule has 0 amide bonds. The molecule has 2 rings (SSSR count). The van der Waals surface area contributed by atoms with Crippen LogP contribution in [0.4, 0.5) is 11.4 Å². The Labute approximate surface area is 122 Å². The minimum atomic E-state index is 0.520. The summed E-state index contributed by atoms with van der Waals surface area (Å²) in [5.41, 5.74) is 2.02. The maximum Gasteiger partial charge on any atom is 0.201 e. The van der Waals surface area contributed by atoms with Gasteiger partial charge in [0.05, 0.1) is 24.8 Å². The van der Waals surface area contributed by atoms with Crippen molar-refractivity contribution in [2.75, 3.05) is 19.5 Å². The van der Waals surface area contributed by atoms with Crippen LogP contribution in [-0.2, 0) is 4.74 Å². The van der Waals surface area contributed by atoms with Gasteiger partial charge in [-0.25, -0.2) is 0 Å². The van der Waals surface area contributed by atoms with E-state index in [4.69, 9.17) is 21.7 Å². The highest BCUT2D eigenvalue weighted by Gasteiger charge is 2.10. The summed E-state index contributed by atoms with van der Waals surface area (Å²) < 4.78 is 10.3. The highest BCUT2D eigenvalue weighted by atomic mass is 32.1. The SMILES string of the molecule is COC(=S)c1cc(Nc2cccc(OC)c2)c(C)s1. The second kappa shape index (κ2) is 6.04. The molecule has 1 aromatic heterocycles. The summed E-state index contributed by atoms with van der Waals surface area (Å²) in [6.07, 6.45) is 0. The third-order valence-electron chi connectivity index (χ3n) is 2.65. The average Bonchev–Trinajstić information content (AvgIpc) is 2.79.